The topological polar surface area (TPSA) is 53.9 Å². The maximum absolute atomic E-state index is 11.9. The van der Waals surface area contributed by atoms with Crippen molar-refractivity contribution in [3.8, 4) is 0 Å². The van der Waals surface area contributed by atoms with Gasteiger partial charge in [-0.15, -0.1) is 0 Å². The van der Waals surface area contributed by atoms with E-state index in [1.165, 1.54) is 7.11 Å². The second kappa shape index (κ2) is 9.09. The third-order valence-electron chi connectivity index (χ3n) is 3.09. The van der Waals surface area contributed by atoms with Gasteiger partial charge in [-0.25, -0.2) is 0 Å². The van der Waals surface area contributed by atoms with Crippen LogP contribution in [0.5, 0.6) is 0 Å². The van der Waals surface area contributed by atoms with Crippen LogP contribution in [0.2, 0.25) is 0 Å². The van der Waals surface area contributed by atoms with Crippen molar-refractivity contribution < 1.29 is 9.63 Å². The summed E-state index contributed by atoms with van der Waals surface area (Å²) in [7, 11) is 1.49. The molecule has 0 aliphatic carbocycles. The molecule has 1 amide bonds. The standard InChI is InChI=1S/C15H23N3O2/c1-4-18(5-2)11-10-16-15(19)14-8-6-13(7-9-14)12-17-20-3/h6-9,12H,4-5,10-11H2,1-3H3,(H,16,19). The van der Waals surface area contributed by atoms with E-state index in [-0.39, 0.29) is 5.91 Å². The van der Waals surface area contributed by atoms with Crippen LogP contribution in [0.25, 0.3) is 0 Å². The quantitative estimate of drug-likeness (QED) is 0.581. The van der Waals surface area contributed by atoms with Crippen LogP contribution >= 0.6 is 0 Å². The van der Waals surface area contributed by atoms with Gasteiger partial charge in [-0.2, -0.15) is 0 Å². The van der Waals surface area contributed by atoms with E-state index in [0.29, 0.717) is 12.1 Å². The first-order chi connectivity index (χ1) is 9.71. The van der Waals surface area contributed by atoms with E-state index in [2.05, 4.69) is 34.1 Å². The summed E-state index contributed by atoms with van der Waals surface area (Å²) in [6.45, 7) is 7.77. The van der Waals surface area contributed by atoms with Crippen molar-refractivity contribution in [2.45, 2.75) is 13.8 Å². The highest BCUT2D eigenvalue weighted by Crippen LogP contribution is 2.02. The number of nitrogens with one attached hydrogen (secondary N) is 1. The van der Waals surface area contributed by atoms with Crippen molar-refractivity contribution in [1.82, 2.24) is 10.2 Å². The smallest absolute Gasteiger partial charge is 0.251 e. The first kappa shape index (κ1) is 16.2. The third-order valence-corrected chi connectivity index (χ3v) is 3.09. The summed E-state index contributed by atoms with van der Waals surface area (Å²) < 4.78 is 0. The van der Waals surface area contributed by atoms with Gasteiger partial charge in [0.25, 0.3) is 5.91 Å². The lowest BCUT2D eigenvalue weighted by Crippen LogP contribution is -2.34. The van der Waals surface area contributed by atoms with E-state index in [1.807, 2.05) is 12.1 Å². The maximum atomic E-state index is 11.9. The number of oxime groups is 1. The summed E-state index contributed by atoms with van der Waals surface area (Å²) in [6.07, 6.45) is 1.60. The zero-order valence-corrected chi connectivity index (χ0v) is 12.4. The fourth-order valence-electron chi connectivity index (χ4n) is 1.80. The van der Waals surface area contributed by atoms with Crippen LogP contribution in [0.15, 0.2) is 29.4 Å². The van der Waals surface area contributed by atoms with Gasteiger partial charge in [-0.3, -0.25) is 4.79 Å². The van der Waals surface area contributed by atoms with Gasteiger partial charge in [-0.1, -0.05) is 31.1 Å². The Morgan fingerprint density at radius 1 is 1.30 bits per heavy atom. The van der Waals surface area contributed by atoms with Gasteiger partial charge in [0.05, 0.1) is 6.21 Å². The lowest BCUT2D eigenvalue weighted by atomic mass is 10.1. The highest BCUT2D eigenvalue weighted by molar-refractivity contribution is 5.95. The minimum absolute atomic E-state index is 0.0487. The van der Waals surface area contributed by atoms with Crippen LogP contribution in [0.4, 0.5) is 0 Å². The summed E-state index contributed by atoms with van der Waals surface area (Å²) >= 11 is 0. The van der Waals surface area contributed by atoms with Crippen molar-refractivity contribution in [2.24, 2.45) is 5.16 Å². The Morgan fingerprint density at radius 3 is 2.50 bits per heavy atom. The second-order valence-corrected chi connectivity index (χ2v) is 4.32. The minimum Gasteiger partial charge on any atom is -0.399 e. The summed E-state index contributed by atoms with van der Waals surface area (Å²) in [6, 6.07) is 7.23. The van der Waals surface area contributed by atoms with Crippen molar-refractivity contribution in [3.05, 3.63) is 35.4 Å². The molecule has 0 fully saturated rings. The predicted molar refractivity (Wildman–Crippen MR) is 81.2 cm³/mol. The average molecular weight is 277 g/mol. The molecule has 0 saturated heterocycles. The molecule has 0 radical (unpaired) electrons. The van der Waals surface area contributed by atoms with Gasteiger partial charge in [0.2, 0.25) is 0 Å². The number of hydrogen-bond acceptors (Lipinski definition) is 4. The van der Waals surface area contributed by atoms with E-state index in [1.54, 1.807) is 18.3 Å². The molecule has 0 heterocycles. The Hall–Kier alpha value is -1.88. The Kier molecular flexibility index (Phi) is 7.35. The maximum Gasteiger partial charge on any atom is 0.251 e. The van der Waals surface area contributed by atoms with Gasteiger partial charge in [0.1, 0.15) is 7.11 Å². The van der Waals surface area contributed by atoms with Crippen molar-refractivity contribution >= 4 is 12.1 Å². The van der Waals surface area contributed by atoms with Gasteiger partial charge >= 0.3 is 0 Å². The molecule has 1 aromatic rings. The molecule has 1 N–H and O–H groups in total. The summed E-state index contributed by atoms with van der Waals surface area (Å²) in [5, 5.41) is 6.60. The van der Waals surface area contributed by atoms with Crippen LogP contribution < -0.4 is 5.32 Å². The second-order valence-electron chi connectivity index (χ2n) is 4.32. The van der Waals surface area contributed by atoms with Crippen LogP contribution in [-0.4, -0.2) is 50.3 Å². The summed E-state index contributed by atoms with van der Waals surface area (Å²) in [5.74, 6) is -0.0487. The molecule has 0 spiro atoms. The number of rotatable bonds is 8. The van der Waals surface area contributed by atoms with Gasteiger partial charge in [0, 0.05) is 18.7 Å². The van der Waals surface area contributed by atoms with E-state index in [9.17, 15) is 4.79 Å². The Balaban J connectivity index is 2.45. The molecule has 20 heavy (non-hydrogen) atoms. The van der Waals surface area contributed by atoms with Crippen LogP contribution in [-0.2, 0) is 4.84 Å². The first-order valence-electron chi connectivity index (χ1n) is 6.88. The molecule has 0 aromatic heterocycles. The van der Waals surface area contributed by atoms with Gasteiger partial charge in [-0.05, 0) is 30.8 Å². The average Bonchev–Trinajstić information content (AvgIpc) is 2.50. The zero-order chi connectivity index (χ0) is 14.8. The van der Waals surface area contributed by atoms with Crippen LogP contribution in [0, 0.1) is 0 Å². The number of likely N-dealkylation sites (N-methyl/N-ethyl adjacent to an activating group) is 1. The lowest BCUT2D eigenvalue weighted by molar-refractivity contribution is 0.0949. The molecule has 1 rings (SSSR count). The SMILES string of the molecule is CCN(CC)CCNC(=O)c1ccc(C=NOC)cc1. The Labute approximate surface area is 120 Å². The summed E-state index contributed by atoms with van der Waals surface area (Å²) in [4.78, 5) is 18.8. The van der Waals surface area contributed by atoms with Crippen molar-refractivity contribution in [2.75, 3.05) is 33.3 Å². The molecule has 5 nitrogen and oxygen atoms in total. The van der Waals surface area contributed by atoms with Crippen LogP contribution in [0.1, 0.15) is 29.8 Å². The van der Waals surface area contributed by atoms with Crippen molar-refractivity contribution in [1.29, 1.82) is 0 Å². The van der Waals surface area contributed by atoms with E-state index >= 15 is 0 Å². The molecule has 0 aliphatic rings. The number of benzene rings is 1. The molecule has 110 valence electrons. The number of carbonyl (C=O) groups excluding carboxylic acids is 1. The number of amides is 1. The lowest BCUT2D eigenvalue weighted by Gasteiger charge is -2.17. The highest BCUT2D eigenvalue weighted by Gasteiger charge is 2.05. The molecule has 0 bridgehead atoms. The molecule has 0 aliphatic heterocycles. The Morgan fingerprint density at radius 2 is 1.95 bits per heavy atom. The van der Waals surface area contributed by atoms with Crippen LogP contribution in [0.3, 0.4) is 0 Å². The van der Waals surface area contributed by atoms with E-state index in [4.69, 9.17) is 0 Å². The number of nitrogens with zero attached hydrogens (tertiary/aromatic N) is 2. The fraction of sp³-hybridized carbons (Fsp3) is 0.467. The normalized spacial score (nSPS) is 11.0. The van der Waals surface area contributed by atoms with E-state index < -0.39 is 0 Å². The largest absolute Gasteiger partial charge is 0.399 e. The number of carbonyl (C=O) groups is 1. The highest BCUT2D eigenvalue weighted by atomic mass is 16.6. The molecule has 1 aromatic carbocycles. The zero-order valence-electron chi connectivity index (χ0n) is 12.4. The molecule has 5 heteroatoms. The molecule has 0 atom stereocenters. The predicted octanol–water partition coefficient (Wildman–Crippen LogP) is 1.74. The summed E-state index contributed by atoms with van der Waals surface area (Å²) in [5.41, 5.74) is 1.55. The van der Waals surface area contributed by atoms with Gasteiger partial charge < -0.3 is 15.1 Å². The first-order valence-corrected chi connectivity index (χ1v) is 6.88. The Bertz CT molecular complexity index is 425. The molecule has 0 saturated carbocycles. The molecule has 0 unspecified atom stereocenters. The van der Waals surface area contributed by atoms with Crippen molar-refractivity contribution in [3.63, 3.8) is 0 Å². The molecular formula is C15H23N3O2. The fourth-order valence-corrected chi connectivity index (χ4v) is 1.80. The number of hydrogen-bond donors (Lipinski definition) is 1. The minimum atomic E-state index is -0.0487. The van der Waals surface area contributed by atoms with Gasteiger partial charge in [0.15, 0.2) is 0 Å². The third kappa shape index (κ3) is 5.40. The molecular weight excluding hydrogens is 254 g/mol. The van der Waals surface area contributed by atoms with E-state index in [0.717, 1.165) is 25.2 Å². The monoisotopic (exact) mass is 277 g/mol.